The Morgan fingerprint density at radius 1 is 1.11 bits per heavy atom. The van der Waals surface area contributed by atoms with Crippen molar-refractivity contribution in [3.63, 3.8) is 0 Å². The van der Waals surface area contributed by atoms with Crippen LogP contribution < -0.4 is 4.74 Å². The van der Waals surface area contributed by atoms with E-state index < -0.39 is 29.2 Å². The van der Waals surface area contributed by atoms with Gasteiger partial charge in [-0.05, 0) is 48.9 Å². The van der Waals surface area contributed by atoms with Gasteiger partial charge < -0.3 is 9.64 Å². The lowest BCUT2D eigenvalue weighted by Gasteiger charge is -2.39. The summed E-state index contributed by atoms with van der Waals surface area (Å²) in [4.78, 5) is 28.2. The zero-order valence-corrected chi connectivity index (χ0v) is 20.4. The minimum Gasteiger partial charge on any atom is -0.457 e. The smallest absolute Gasteiger partial charge is 0.420 e. The number of hydrogen-bond acceptors (Lipinski definition) is 5. The number of hydrogen-bond donors (Lipinski definition) is 0. The Kier molecular flexibility index (Phi) is 7.37. The van der Waals surface area contributed by atoms with Crippen LogP contribution in [0.5, 0.6) is 11.5 Å². The van der Waals surface area contributed by atoms with E-state index in [0.29, 0.717) is 53.6 Å². The van der Waals surface area contributed by atoms with Crippen LogP contribution in [-0.2, 0) is 12.7 Å². The largest absolute Gasteiger partial charge is 0.457 e. The van der Waals surface area contributed by atoms with Crippen molar-refractivity contribution < 1.29 is 27.5 Å². The van der Waals surface area contributed by atoms with Crippen molar-refractivity contribution in [3.05, 3.63) is 76.6 Å². The fourth-order valence-corrected chi connectivity index (χ4v) is 4.26. The van der Waals surface area contributed by atoms with Crippen LogP contribution in [-0.4, -0.2) is 57.1 Å². The number of Topliss-reactive ketones (excluding diaryl/α,β-unsaturated/α-hetero) is 1. The van der Waals surface area contributed by atoms with E-state index in [9.17, 15) is 22.8 Å². The Bertz CT molecular complexity index is 1260. The molecule has 7 nitrogen and oxygen atoms in total. The van der Waals surface area contributed by atoms with Gasteiger partial charge in [0, 0.05) is 50.4 Å². The van der Waals surface area contributed by atoms with Crippen LogP contribution in [0.1, 0.15) is 35.5 Å². The standard InChI is InChI=1S/C25H24ClF3N4O3/c1-16-13-31(14-18-4-3-5-21(12-18)36-20-8-6-19(26)7-9-20)10-11-32(16)24(35)33-15-22(25(27,28)29)23(30-33)17(2)34/h3-9,12,15-16H,10-11,13-14H2,1-2H3/t16-/m0/s1. The fourth-order valence-electron chi connectivity index (χ4n) is 4.14. The van der Waals surface area contributed by atoms with Gasteiger partial charge >= 0.3 is 12.2 Å². The van der Waals surface area contributed by atoms with E-state index in [4.69, 9.17) is 16.3 Å². The van der Waals surface area contributed by atoms with Crippen molar-refractivity contribution in [1.29, 1.82) is 0 Å². The molecule has 1 saturated heterocycles. The van der Waals surface area contributed by atoms with Crippen molar-refractivity contribution >= 4 is 23.4 Å². The molecule has 2 heterocycles. The third-order valence-electron chi connectivity index (χ3n) is 5.86. The summed E-state index contributed by atoms with van der Waals surface area (Å²) < 4.78 is 46.3. The van der Waals surface area contributed by atoms with E-state index in [-0.39, 0.29) is 6.04 Å². The minimum absolute atomic E-state index is 0.279. The molecule has 1 aliphatic rings. The quantitative estimate of drug-likeness (QED) is 0.402. The fraction of sp³-hybridized carbons (Fsp3) is 0.320. The first kappa shape index (κ1) is 25.7. The molecule has 0 aliphatic carbocycles. The highest BCUT2D eigenvalue weighted by molar-refractivity contribution is 6.30. The number of piperazine rings is 1. The Hall–Kier alpha value is -3.37. The molecule has 1 fully saturated rings. The number of amides is 1. The summed E-state index contributed by atoms with van der Waals surface area (Å²) in [5, 5.41) is 4.26. The number of aromatic nitrogens is 2. The number of nitrogens with zero attached hydrogens (tertiary/aromatic N) is 4. The summed E-state index contributed by atoms with van der Waals surface area (Å²) in [6.45, 7) is 4.76. The first-order chi connectivity index (χ1) is 17.0. The number of halogens is 4. The predicted molar refractivity (Wildman–Crippen MR) is 127 cm³/mol. The average Bonchev–Trinajstić information content (AvgIpc) is 3.27. The topological polar surface area (TPSA) is 67.7 Å². The maximum Gasteiger partial charge on any atom is 0.420 e. The van der Waals surface area contributed by atoms with Gasteiger partial charge in [0.25, 0.3) is 0 Å². The molecule has 0 N–H and O–H groups in total. The molecule has 0 saturated carbocycles. The van der Waals surface area contributed by atoms with Gasteiger partial charge in [0.15, 0.2) is 5.78 Å². The summed E-state index contributed by atoms with van der Waals surface area (Å²) in [5.41, 5.74) is -0.959. The number of ether oxygens (including phenoxy) is 1. The number of carbonyl (C=O) groups is 2. The normalized spacial score (nSPS) is 16.7. The maximum atomic E-state index is 13.3. The van der Waals surface area contributed by atoms with Crippen LogP contribution in [0.2, 0.25) is 5.02 Å². The molecule has 4 rings (SSSR count). The second kappa shape index (κ2) is 10.3. The average molecular weight is 521 g/mol. The van der Waals surface area contributed by atoms with Gasteiger partial charge in [-0.2, -0.15) is 23.0 Å². The van der Waals surface area contributed by atoms with Crippen LogP contribution in [0.25, 0.3) is 0 Å². The van der Waals surface area contributed by atoms with Gasteiger partial charge in [-0.25, -0.2) is 4.79 Å². The highest BCUT2D eigenvalue weighted by Crippen LogP contribution is 2.32. The van der Waals surface area contributed by atoms with E-state index in [1.807, 2.05) is 31.2 Å². The molecular weight excluding hydrogens is 497 g/mol. The van der Waals surface area contributed by atoms with Gasteiger partial charge in [0.2, 0.25) is 0 Å². The second-order valence-corrected chi connectivity index (χ2v) is 9.09. The van der Waals surface area contributed by atoms with Crippen LogP contribution in [0.3, 0.4) is 0 Å². The van der Waals surface area contributed by atoms with E-state index in [2.05, 4.69) is 10.00 Å². The molecule has 1 aliphatic heterocycles. The Morgan fingerprint density at radius 3 is 2.44 bits per heavy atom. The molecule has 0 bridgehead atoms. The Labute approximate surface area is 211 Å². The number of carbonyl (C=O) groups excluding carboxylic acids is 2. The highest BCUT2D eigenvalue weighted by atomic mass is 35.5. The van der Waals surface area contributed by atoms with Crippen molar-refractivity contribution in [3.8, 4) is 11.5 Å². The van der Waals surface area contributed by atoms with Gasteiger partial charge in [0.05, 0.1) is 0 Å². The summed E-state index contributed by atoms with van der Waals surface area (Å²) >= 11 is 5.91. The molecule has 3 aromatic rings. The van der Waals surface area contributed by atoms with Gasteiger partial charge in [0.1, 0.15) is 22.8 Å². The first-order valence-corrected chi connectivity index (χ1v) is 11.6. The molecule has 190 valence electrons. The molecule has 0 unspecified atom stereocenters. The number of alkyl halides is 3. The third-order valence-corrected chi connectivity index (χ3v) is 6.11. The van der Waals surface area contributed by atoms with Crippen LogP contribution in [0.15, 0.2) is 54.7 Å². The van der Waals surface area contributed by atoms with Crippen molar-refractivity contribution in [2.24, 2.45) is 0 Å². The van der Waals surface area contributed by atoms with E-state index >= 15 is 0 Å². The van der Waals surface area contributed by atoms with Crippen molar-refractivity contribution in [2.45, 2.75) is 32.6 Å². The van der Waals surface area contributed by atoms with Crippen molar-refractivity contribution in [2.75, 3.05) is 19.6 Å². The molecule has 1 aromatic heterocycles. The molecule has 1 atom stereocenters. The molecule has 1 amide bonds. The minimum atomic E-state index is -4.78. The lowest BCUT2D eigenvalue weighted by molar-refractivity contribution is -0.137. The van der Waals surface area contributed by atoms with Crippen LogP contribution in [0, 0.1) is 0 Å². The zero-order valence-electron chi connectivity index (χ0n) is 19.6. The number of rotatable bonds is 5. The second-order valence-electron chi connectivity index (χ2n) is 8.65. The zero-order chi connectivity index (χ0) is 26.0. The summed E-state index contributed by atoms with van der Waals surface area (Å²) in [7, 11) is 0. The first-order valence-electron chi connectivity index (χ1n) is 11.2. The molecule has 11 heteroatoms. The molecule has 2 aromatic carbocycles. The lowest BCUT2D eigenvalue weighted by atomic mass is 10.1. The molecule has 36 heavy (non-hydrogen) atoms. The Balaban J connectivity index is 1.40. The van der Waals surface area contributed by atoms with Crippen LogP contribution in [0.4, 0.5) is 18.0 Å². The monoisotopic (exact) mass is 520 g/mol. The van der Waals surface area contributed by atoms with Gasteiger partial charge in [-0.3, -0.25) is 9.69 Å². The lowest BCUT2D eigenvalue weighted by Crippen LogP contribution is -2.54. The maximum absolute atomic E-state index is 13.3. The summed E-state index contributed by atoms with van der Waals surface area (Å²) in [6.07, 6.45) is -4.19. The predicted octanol–water partition coefficient (Wildman–Crippen LogP) is 5.72. The van der Waals surface area contributed by atoms with Crippen LogP contribution >= 0.6 is 11.6 Å². The SMILES string of the molecule is CC(=O)c1nn(C(=O)N2CCN(Cc3cccc(Oc4ccc(Cl)cc4)c3)C[C@@H]2C)cc1C(F)(F)F. The molecular formula is C25H24ClF3N4O3. The van der Waals surface area contributed by atoms with E-state index in [0.717, 1.165) is 12.5 Å². The van der Waals surface area contributed by atoms with Gasteiger partial charge in [-0.1, -0.05) is 23.7 Å². The van der Waals surface area contributed by atoms with Gasteiger partial charge in [-0.15, -0.1) is 0 Å². The molecule has 0 radical (unpaired) electrons. The Morgan fingerprint density at radius 2 is 1.83 bits per heavy atom. The van der Waals surface area contributed by atoms with Crippen molar-refractivity contribution in [1.82, 2.24) is 19.6 Å². The number of ketones is 1. The third kappa shape index (κ3) is 5.88. The van der Waals surface area contributed by atoms with E-state index in [1.165, 1.54) is 4.90 Å². The number of benzene rings is 2. The highest BCUT2D eigenvalue weighted by Gasteiger charge is 2.39. The summed E-state index contributed by atoms with van der Waals surface area (Å²) in [6, 6.07) is 13.7. The molecule has 0 spiro atoms. The summed E-state index contributed by atoms with van der Waals surface area (Å²) in [5.74, 6) is 0.489. The van der Waals surface area contributed by atoms with E-state index in [1.54, 1.807) is 24.3 Å².